The Balaban J connectivity index is 1.78. The normalized spacial score (nSPS) is 15.4. The number of halogens is 3. The Morgan fingerprint density at radius 1 is 1.17 bits per heavy atom. The maximum absolute atomic E-state index is 13.6. The van der Waals surface area contributed by atoms with Crippen LogP contribution in [0.5, 0.6) is 0 Å². The fourth-order valence-electron chi connectivity index (χ4n) is 2.95. The molecule has 2 aromatic rings. The molecular formula is C18H21F3N4O3S. The highest BCUT2D eigenvalue weighted by Crippen LogP contribution is 2.35. The van der Waals surface area contributed by atoms with Gasteiger partial charge in [0, 0.05) is 31.5 Å². The zero-order chi connectivity index (χ0) is 21.1. The van der Waals surface area contributed by atoms with Gasteiger partial charge in [-0.1, -0.05) is 6.07 Å². The number of nitrogens with one attached hydrogen (secondary N) is 2. The molecule has 1 aliphatic rings. The maximum Gasteiger partial charge on any atom is 0.416 e. The molecule has 1 aromatic heterocycles. The monoisotopic (exact) mass is 430 g/mol. The van der Waals surface area contributed by atoms with Gasteiger partial charge in [-0.25, -0.2) is 18.1 Å². The van der Waals surface area contributed by atoms with Crippen molar-refractivity contribution in [2.75, 3.05) is 43.6 Å². The summed E-state index contributed by atoms with van der Waals surface area (Å²) in [5, 5.41) is 2.81. The summed E-state index contributed by atoms with van der Waals surface area (Å²) in [6.07, 6.45) is -3.36. The topological polar surface area (TPSA) is 83.6 Å². The molecule has 0 atom stereocenters. The average molecular weight is 430 g/mol. The van der Waals surface area contributed by atoms with Crippen LogP contribution in [-0.4, -0.2) is 46.8 Å². The number of sulfonamides is 1. The molecule has 1 aromatic carbocycles. The second-order valence-corrected chi connectivity index (χ2v) is 8.27. The fourth-order valence-corrected chi connectivity index (χ4v) is 3.62. The van der Waals surface area contributed by atoms with Crippen LogP contribution in [0.1, 0.15) is 11.1 Å². The van der Waals surface area contributed by atoms with E-state index >= 15 is 0 Å². The van der Waals surface area contributed by atoms with Gasteiger partial charge >= 0.3 is 6.18 Å². The Morgan fingerprint density at radius 3 is 2.48 bits per heavy atom. The van der Waals surface area contributed by atoms with E-state index in [0.29, 0.717) is 32.0 Å². The molecule has 2 heterocycles. The van der Waals surface area contributed by atoms with Gasteiger partial charge in [-0.2, -0.15) is 13.2 Å². The van der Waals surface area contributed by atoms with Crippen LogP contribution >= 0.6 is 0 Å². The van der Waals surface area contributed by atoms with Crippen molar-refractivity contribution in [1.29, 1.82) is 0 Å². The molecule has 7 nitrogen and oxygen atoms in total. The average Bonchev–Trinajstić information content (AvgIpc) is 2.72. The van der Waals surface area contributed by atoms with Crippen molar-refractivity contribution in [3.05, 3.63) is 47.7 Å². The number of rotatable bonds is 6. The SMILES string of the molecule is CNS(=O)(=O)c1ccc(NCc2ccc(N3CCOCC3)cc2C(F)(F)F)nc1. The van der Waals surface area contributed by atoms with Gasteiger partial charge in [0.25, 0.3) is 0 Å². The highest BCUT2D eigenvalue weighted by Gasteiger charge is 2.34. The fraction of sp³-hybridized carbons (Fsp3) is 0.389. The first-order valence-corrected chi connectivity index (χ1v) is 10.4. The van der Waals surface area contributed by atoms with Crippen LogP contribution in [0.2, 0.25) is 0 Å². The highest BCUT2D eigenvalue weighted by atomic mass is 32.2. The maximum atomic E-state index is 13.6. The molecule has 1 aliphatic heterocycles. The second-order valence-electron chi connectivity index (χ2n) is 6.38. The van der Waals surface area contributed by atoms with Gasteiger partial charge in [0.1, 0.15) is 10.7 Å². The molecule has 0 aliphatic carbocycles. The van der Waals surface area contributed by atoms with E-state index in [4.69, 9.17) is 4.74 Å². The van der Waals surface area contributed by atoms with Crippen LogP contribution < -0.4 is 14.9 Å². The van der Waals surface area contributed by atoms with Crippen molar-refractivity contribution in [3.8, 4) is 0 Å². The lowest BCUT2D eigenvalue weighted by Gasteiger charge is -2.29. The number of nitrogens with zero attached hydrogens (tertiary/aromatic N) is 2. The third kappa shape index (κ3) is 5.17. The van der Waals surface area contributed by atoms with E-state index in [2.05, 4.69) is 15.0 Å². The van der Waals surface area contributed by atoms with Crippen LogP contribution in [0.3, 0.4) is 0 Å². The van der Waals surface area contributed by atoms with Crippen LogP contribution in [0.4, 0.5) is 24.7 Å². The van der Waals surface area contributed by atoms with E-state index in [9.17, 15) is 21.6 Å². The van der Waals surface area contributed by atoms with E-state index in [0.717, 1.165) is 12.3 Å². The van der Waals surface area contributed by atoms with E-state index in [1.807, 2.05) is 4.90 Å². The van der Waals surface area contributed by atoms with E-state index in [-0.39, 0.29) is 22.8 Å². The molecule has 0 saturated carbocycles. The molecular weight excluding hydrogens is 409 g/mol. The van der Waals surface area contributed by atoms with Crippen molar-refractivity contribution in [2.24, 2.45) is 0 Å². The van der Waals surface area contributed by atoms with Gasteiger partial charge < -0.3 is 15.0 Å². The number of morpholine rings is 1. The van der Waals surface area contributed by atoms with Crippen molar-refractivity contribution >= 4 is 21.5 Å². The smallest absolute Gasteiger partial charge is 0.378 e. The number of pyridine rings is 1. The third-order valence-electron chi connectivity index (χ3n) is 4.55. The number of aromatic nitrogens is 1. The predicted molar refractivity (Wildman–Crippen MR) is 102 cm³/mol. The molecule has 0 spiro atoms. The summed E-state index contributed by atoms with van der Waals surface area (Å²) in [4.78, 5) is 5.79. The van der Waals surface area contributed by atoms with Crippen molar-refractivity contribution in [2.45, 2.75) is 17.6 Å². The standard InChI is InChI=1S/C18H21F3N4O3S/c1-22-29(26,27)15-4-5-17(24-12-15)23-11-13-2-3-14(10-16(13)18(19,20)21)25-6-8-28-9-7-25/h2-5,10,12,22H,6-9,11H2,1H3,(H,23,24). The minimum atomic E-state index is -4.50. The molecule has 2 N–H and O–H groups in total. The molecule has 1 fully saturated rings. The molecule has 0 amide bonds. The van der Waals surface area contributed by atoms with Crippen LogP contribution in [0, 0.1) is 0 Å². The number of benzene rings is 1. The lowest BCUT2D eigenvalue weighted by molar-refractivity contribution is -0.138. The largest absolute Gasteiger partial charge is 0.416 e. The summed E-state index contributed by atoms with van der Waals surface area (Å²) in [6.45, 7) is 1.94. The van der Waals surface area contributed by atoms with Gasteiger partial charge in [-0.15, -0.1) is 0 Å². The van der Waals surface area contributed by atoms with Crippen molar-refractivity contribution < 1.29 is 26.3 Å². The third-order valence-corrected chi connectivity index (χ3v) is 5.95. The van der Waals surface area contributed by atoms with Gasteiger partial charge in [0.05, 0.1) is 18.8 Å². The molecule has 0 bridgehead atoms. The quantitative estimate of drug-likeness (QED) is 0.733. The minimum absolute atomic E-state index is 0.0311. The van der Waals surface area contributed by atoms with Crippen LogP contribution in [0.25, 0.3) is 0 Å². The lowest BCUT2D eigenvalue weighted by Crippen LogP contribution is -2.36. The van der Waals surface area contributed by atoms with Crippen molar-refractivity contribution in [3.63, 3.8) is 0 Å². The van der Waals surface area contributed by atoms with Crippen LogP contribution in [-0.2, 0) is 27.5 Å². The molecule has 158 valence electrons. The Bertz CT molecular complexity index is 944. The van der Waals surface area contributed by atoms with Gasteiger partial charge in [-0.3, -0.25) is 0 Å². The molecule has 0 unspecified atom stereocenters. The zero-order valence-electron chi connectivity index (χ0n) is 15.7. The minimum Gasteiger partial charge on any atom is -0.378 e. The Hall–Kier alpha value is -2.37. The summed E-state index contributed by atoms with van der Waals surface area (Å²) in [6, 6.07) is 6.99. The first kappa shape index (κ1) is 21.3. The molecule has 1 saturated heterocycles. The molecule has 3 rings (SSSR count). The summed E-state index contributed by atoms with van der Waals surface area (Å²) >= 11 is 0. The number of anilines is 2. The van der Waals surface area contributed by atoms with Gasteiger partial charge in [-0.05, 0) is 36.9 Å². The summed E-state index contributed by atoms with van der Waals surface area (Å²) in [7, 11) is -2.35. The molecule has 29 heavy (non-hydrogen) atoms. The van der Waals surface area contributed by atoms with E-state index < -0.39 is 21.8 Å². The second kappa shape index (κ2) is 8.56. The summed E-state index contributed by atoms with van der Waals surface area (Å²) < 4.78 is 71.6. The predicted octanol–water partition coefficient (Wildman–Crippen LogP) is 2.46. The Kier molecular flexibility index (Phi) is 6.30. The first-order valence-electron chi connectivity index (χ1n) is 8.87. The highest BCUT2D eigenvalue weighted by molar-refractivity contribution is 7.89. The van der Waals surface area contributed by atoms with Gasteiger partial charge in [0.15, 0.2) is 0 Å². The Labute approximate surface area is 166 Å². The summed E-state index contributed by atoms with van der Waals surface area (Å²) in [5.41, 5.74) is -0.143. The van der Waals surface area contributed by atoms with Gasteiger partial charge in [0.2, 0.25) is 10.0 Å². The summed E-state index contributed by atoms with van der Waals surface area (Å²) in [5.74, 6) is 0.269. The zero-order valence-corrected chi connectivity index (χ0v) is 16.5. The van der Waals surface area contributed by atoms with E-state index in [1.54, 1.807) is 6.07 Å². The Morgan fingerprint density at radius 2 is 1.90 bits per heavy atom. The molecule has 11 heteroatoms. The number of ether oxygens (including phenoxy) is 1. The van der Waals surface area contributed by atoms with E-state index in [1.165, 1.54) is 25.2 Å². The first-order chi connectivity index (χ1) is 13.7. The number of alkyl halides is 3. The van der Waals surface area contributed by atoms with Crippen molar-refractivity contribution in [1.82, 2.24) is 9.71 Å². The number of hydrogen-bond donors (Lipinski definition) is 2. The van der Waals surface area contributed by atoms with Crippen LogP contribution in [0.15, 0.2) is 41.4 Å². The molecule has 0 radical (unpaired) electrons. The number of hydrogen-bond acceptors (Lipinski definition) is 6. The lowest BCUT2D eigenvalue weighted by atomic mass is 10.0.